The maximum atomic E-state index is 12.4. The first-order valence-corrected chi connectivity index (χ1v) is 10.2. The van der Waals surface area contributed by atoms with E-state index in [-0.39, 0.29) is 18.6 Å². The van der Waals surface area contributed by atoms with Crippen LogP contribution in [0.15, 0.2) is 70.6 Å². The molecule has 156 valence electrons. The van der Waals surface area contributed by atoms with Crippen molar-refractivity contribution in [2.45, 2.75) is 11.4 Å². The van der Waals surface area contributed by atoms with Crippen LogP contribution in [0.2, 0.25) is 0 Å². The minimum absolute atomic E-state index is 0.00852. The summed E-state index contributed by atoms with van der Waals surface area (Å²) in [5.74, 6) is 0.679. The van der Waals surface area contributed by atoms with Crippen molar-refractivity contribution in [3.63, 3.8) is 0 Å². The lowest BCUT2D eigenvalue weighted by Gasteiger charge is -2.09. The summed E-state index contributed by atoms with van der Waals surface area (Å²) >= 11 is 0. The van der Waals surface area contributed by atoms with E-state index in [4.69, 9.17) is 4.74 Å². The molecule has 30 heavy (non-hydrogen) atoms. The van der Waals surface area contributed by atoms with Gasteiger partial charge in [0.1, 0.15) is 5.75 Å². The van der Waals surface area contributed by atoms with Gasteiger partial charge in [0.05, 0.1) is 24.1 Å². The molecule has 1 N–H and O–H groups in total. The molecule has 0 unspecified atom stereocenters. The molecular weight excluding hydrogens is 412 g/mol. The highest BCUT2D eigenvalue weighted by molar-refractivity contribution is 7.89. The van der Waals surface area contributed by atoms with E-state index in [2.05, 4.69) is 9.71 Å². The summed E-state index contributed by atoms with van der Waals surface area (Å²) in [6.45, 7) is -0.133. The van der Waals surface area contributed by atoms with Gasteiger partial charge in [0.25, 0.3) is 11.2 Å². The summed E-state index contributed by atoms with van der Waals surface area (Å²) in [5, 5.41) is 11.0. The van der Waals surface area contributed by atoms with E-state index < -0.39 is 25.5 Å². The lowest BCUT2D eigenvalue weighted by Crippen LogP contribution is -2.31. The van der Waals surface area contributed by atoms with Crippen molar-refractivity contribution in [3.8, 4) is 17.0 Å². The van der Waals surface area contributed by atoms with Gasteiger partial charge in [-0.25, -0.2) is 18.1 Å². The second kappa shape index (κ2) is 8.84. The van der Waals surface area contributed by atoms with E-state index in [1.165, 1.54) is 29.1 Å². The van der Waals surface area contributed by atoms with Crippen molar-refractivity contribution in [1.82, 2.24) is 14.3 Å². The number of hydrogen-bond acceptors (Lipinski definition) is 7. The third-order valence-electron chi connectivity index (χ3n) is 4.26. The van der Waals surface area contributed by atoms with Gasteiger partial charge in [-0.15, -0.1) is 0 Å². The summed E-state index contributed by atoms with van der Waals surface area (Å²) < 4.78 is 33.4. The maximum Gasteiger partial charge on any atom is 0.289 e. The number of nitrogens with one attached hydrogen (secondary N) is 1. The molecule has 2 aromatic carbocycles. The van der Waals surface area contributed by atoms with Crippen molar-refractivity contribution in [1.29, 1.82) is 0 Å². The van der Waals surface area contributed by atoms with E-state index in [1.54, 1.807) is 31.4 Å². The molecule has 10 nitrogen and oxygen atoms in total. The van der Waals surface area contributed by atoms with E-state index in [0.29, 0.717) is 11.4 Å². The Hall–Kier alpha value is -3.57. The highest BCUT2D eigenvalue weighted by Gasteiger charge is 2.24. The first-order valence-electron chi connectivity index (χ1n) is 8.76. The fourth-order valence-electron chi connectivity index (χ4n) is 2.73. The smallest absolute Gasteiger partial charge is 0.289 e. The van der Waals surface area contributed by atoms with E-state index in [1.807, 2.05) is 0 Å². The average molecular weight is 430 g/mol. The van der Waals surface area contributed by atoms with Gasteiger partial charge in [-0.1, -0.05) is 12.1 Å². The van der Waals surface area contributed by atoms with E-state index in [0.717, 1.165) is 17.7 Å². The molecule has 0 bridgehead atoms. The normalized spacial score (nSPS) is 11.2. The monoisotopic (exact) mass is 430 g/mol. The van der Waals surface area contributed by atoms with Crippen LogP contribution in [0.4, 0.5) is 5.69 Å². The molecule has 0 aliphatic heterocycles. The quantitative estimate of drug-likeness (QED) is 0.425. The van der Waals surface area contributed by atoms with Crippen LogP contribution >= 0.6 is 0 Å². The molecule has 11 heteroatoms. The van der Waals surface area contributed by atoms with Crippen molar-refractivity contribution >= 4 is 15.7 Å². The lowest BCUT2D eigenvalue weighted by molar-refractivity contribution is -0.387. The third kappa shape index (κ3) is 4.70. The molecule has 0 spiro atoms. The summed E-state index contributed by atoms with van der Waals surface area (Å²) in [6, 6.07) is 13.4. The van der Waals surface area contributed by atoms with Gasteiger partial charge < -0.3 is 4.74 Å². The molecule has 0 fully saturated rings. The number of rotatable bonds is 8. The predicted molar refractivity (Wildman–Crippen MR) is 109 cm³/mol. The van der Waals surface area contributed by atoms with Crippen LogP contribution in [-0.2, 0) is 16.6 Å². The zero-order valence-electron chi connectivity index (χ0n) is 15.9. The van der Waals surface area contributed by atoms with Crippen LogP contribution in [0.1, 0.15) is 0 Å². The molecule has 0 saturated heterocycles. The van der Waals surface area contributed by atoms with Gasteiger partial charge in [-0.2, -0.15) is 0 Å². The average Bonchev–Trinajstić information content (AvgIpc) is 2.75. The van der Waals surface area contributed by atoms with E-state index in [9.17, 15) is 23.3 Å². The molecule has 1 aromatic heterocycles. The summed E-state index contributed by atoms with van der Waals surface area (Å²) in [6.07, 6.45) is 1.32. The molecule has 0 aliphatic carbocycles. The van der Waals surface area contributed by atoms with Crippen molar-refractivity contribution in [2.24, 2.45) is 0 Å². The largest absolute Gasteiger partial charge is 0.497 e. The summed E-state index contributed by atoms with van der Waals surface area (Å²) in [5.41, 5.74) is 0.324. The van der Waals surface area contributed by atoms with E-state index >= 15 is 0 Å². The zero-order chi connectivity index (χ0) is 21.7. The van der Waals surface area contributed by atoms with Crippen LogP contribution in [-0.4, -0.2) is 36.5 Å². The molecule has 0 aliphatic rings. The Morgan fingerprint density at radius 1 is 1.17 bits per heavy atom. The number of methoxy groups -OCH3 is 1. The van der Waals surface area contributed by atoms with Crippen LogP contribution < -0.4 is 15.0 Å². The van der Waals surface area contributed by atoms with Crippen molar-refractivity contribution < 1.29 is 18.1 Å². The first-order chi connectivity index (χ1) is 14.3. The fraction of sp³-hybridized carbons (Fsp3) is 0.158. The Morgan fingerprint density at radius 2 is 1.87 bits per heavy atom. The van der Waals surface area contributed by atoms with Gasteiger partial charge in [0.15, 0.2) is 4.90 Å². The number of ether oxygens (including phenoxy) is 1. The van der Waals surface area contributed by atoms with Gasteiger partial charge in [0.2, 0.25) is 10.0 Å². The summed E-state index contributed by atoms with van der Waals surface area (Å²) in [4.78, 5) is 26.4. The Labute approximate surface area is 172 Å². The van der Waals surface area contributed by atoms with Gasteiger partial charge in [-0.3, -0.25) is 19.5 Å². The van der Waals surface area contributed by atoms with Crippen molar-refractivity contribution in [3.05, 3.63) is 81.4 Å². The number of sulfonamides is 1. The van der Waals surface area contributed by atoms with Crippen LogP contribution in [0.3, 0.4) is 0 Å². The number of benzene rings is 2. The number of nitrogens with zero attached hydrogens (tertiary/aromatic N) is 3. The fourth-order valence-corrected chi connectivity index (χ4v) is 3.92. The van der Waals surface area contributed by atoms with Crippen LogP contribution in [0, 0.1) is 10.1 Å². The van der Waals surface area contributed by atoms with Crippen molar-refractivity contribution in [2.75, 3.05) is 13.7 Å². The minimum Gasteiger partial charge on any atom is -0.497 e. The Balaban J connectivity index is 1.70. The number of nitro benzene ring substituents is 1. The zero-order valence-corrected chi connectivity index (χ0v) is 16.7. The number of nitro groups is 1. The predicted octanol–water partition coefficient (Wildman–Crippen LogP) is 1.81. The number of aromatic nitrogens is 2. The first kappa shape index (κ1) is 21.1. The van der Waals surface area contributed by atoms with Crippen LogP contribution in [0.25, 0.3) is 11.3 Å². The second-order valence-corrected chi connectivity index (χ2v) is 7.89. The standard InChI is InChI=1S/C19H18N4O6S/c1-29-15-8-6-14(7-9-15)16-12-19(24)22(13-20-16)11-10-21-30(27,28)18-5-3-2-4-17(18)23(25)26/h2-9,12-13,21H,10-11H2,1H3. The Morgan fingerprint density at radius 3 is 2.50 bits per heavy atom. The molecule has 0 amide bonds. The highest BCUT2D eigenvalue weighted by Crippen LogP contribution is 2.22. The van der Waals surface area contributed by atoms with Crippen LogP contribution in [0.5, 0.6) is 5.75 Å². The maximum absolute atomic E-state index is 12.4. The Bertz CT molecular complexity index is 1220. The lowest BCUT2D eigenvalue weighted by atomic mass is 10.1. The Kier molecular flexibility index (Phi) is 6.23. The number of hydrogen-bond donors (Lipinski definition) is 1. The second-order valence-electron chi connectivity index (χ2n) is 6.16. The molecule has 1 heterocycles. The highest BCUT2D eigenvalue weighted by atomic mass is 32.2. The topological polar surface area (TPSA) is 133 Å². The van der Waals surface area contributed by atoms with Gasteiger partial charge >= 0.3 is 0 Å². The molecule has 0 radical (unpaired) electrons. The SMILES string of the molecule is COc1ccc(-c2cc(=O)n(CCNS(=O)(=O)c3ccccc3[N+](=O)[O-])cn2)cc1. The molecule has 0 atom stereocenters. The number of para-hydroxylation sites is 1. The molecule has 0 saturated carbocycles. The summed E-state index contributed by atoms with van der Waals surface area (Å²) in [7, 11) is -2.56. The molecule has 3 rings (SSSR count). The molecule has 3 aromatic rings. The molecular formula is C19H18N4O6S. The van der Waals surface area contributed by atoms with Gasteiger partial charge in [-0.05, 0) is 30.3 Å². The van der Waals surface area contributed by atoms with Gasteiger partial charge in [0, 0.05) is 30.8 Å². The third-order valence-corrected chi connectivity index (χ3v) is 5.77. The minimum atomic E-state index is -4.12.